The Hall–Kier alpha value is -2.05. The van der Waals surface area contributed by atoms with Crippen LogP contribution in [0, 0.1) is 5.82 Å². The maximum atomic E-state index is 13.5. The third-order valence-corrected chi connectivity index (χ3v) is 4.20. The van der Waals surface area contributed by atoms with Crippen LogP contribution in [0.5, 0.6) is 0 Å². The average molecular weight is 306 g/mol. The van der Waals surface area contributed by atoms with Crippen LogP contribution in [-0.4, -0.2) is 15.9 Å². The molecule has 0 bridgehead atoms. The molecule has 21 heavy (non-hydrogen) atoms. The molecule has 6 heteroatoms. The molecule has 0 saturated heterocycles. The number of carbonyl (C=O) groups excluding carboxylic acids is 1. The van der Waals surface area contributed by atoms with E-state index in [-0.39, 0.29) is 17.2 Å². The number of para-hydroxylation sites is 1. The summed E-state index contributed by atoms with van der Waals surface area (Å²) in [5.41, 5.74) is 6.94. The summed E-state index contributed by atoms with van der Waals surface area (Å²) in [7, 11) is -1.73. The van der Waals surface area contributed by atoms with E-state index < -0.39 is 22.5 Å². The molecule has 0 fully saturated rings. The molecule has 0 spiro atoms. The van der Waals surface area contributed by atoms with E-state index in [1.54, 1.807) is 24.3 Å². The second-order valence-electron chi connectivity index (χ2n) is 4.33. The van der Waals surface area contributed by atoms with Gasteiger partial charge in [-0.25, -0.2) is 4.39 Å². The van der Waals surface area contributed by atoms with Gasteiger partial charge in [0.1, 0.15) is 11.6 Å². The fraction of sp³-hybridized carbons (Fsp3) is 0.133. The van der Waals surface area contributed by atoms with E-state index in [0.717, 1.165) is 5.56 Å². The number of rotatable bonds is 5. The van der Waals surface area contributed by atoms with Crippen LogP contribution in [0.2, 0.25) is 0 Å². The second-order valence-corrected chi connectivity index (χ2v) is 5.75. The van der Waals surface area contributed by atoms with Crippen LogP contribution in [0.25, 0.3) is 0 Å². The predicted octanol–water partition coefficient (Wildman–Crippen LogP) is 2.03. The van der Waals surface area contributed by atoms with E-state index in [2.05, 4.69) is 5.32 Å². The van der Waals surface area contributed by atoms with Crippen molar-refractivity contribution in [1.82, 2.24) is 0 Å². The zero-order valence-corrected chi connectivity index (χ0v) is 12.0. The van der Waals surface area contributed by atoms with E-state index in [1.807, 2.05) is 6.07 Å². The molecule has 0 aliphatic rings. The first-order valence-electron chi connectivity index (χ1n) is 6.32. The number of nitrogens with two attached hydrogens (primary N) is 1. The Bertz CT molecular complexity index is 676. The SMILES string of the molecule is NCc1ccccc1NC(=O)CS(=O)c1ccccc1F. The van der Waals surface area contributed by atoms with Crippen LogP contribution in [0.3, 0.4) is 0 Å². The molecule has 2 aromatic rings. The Morgan fingerprint density at radius 1 is 1.14 bits per heavy atom. The Morgan fingerprint density at radius 2 is 1.81 bits per heavy atom. The average Bonchev–Trinajstić information content (AvgIpc) is 2.48. The molecule has 0 aliphatic carbocycles. The lowest BCUT2D eigenvalue weighted by Crippen LogP contribution is -2.21. The van der Waals surface area contributed by atoms with Gasteiger partial charge >= 0.3 is 0 Å². The molecule has 0 heterocycles. The van der Waals surface area contributed by atoms with Crippen LogP contribution in [0.1, 0.15) is 5.56 Å². The number of halogens is 1. The van der Waals surface area contributed by atoms with Crippen molar-refractivity contribution >= 4 is 22.4 Å². The lowest BCUT2D eigenvalue weighted by Gasteiger charge is -2.09. The topological polar surface area (TPSA) is 72.2 Å². The van der Waals surface area contributed by atoms with Gasteiger partial charge in [0.25, 0.3) is 0 Å². The highest BCUT2D eigenvalue weighted by Crippen LogP contribution is 2.15. The predicted molar refractivity (Wildman–Crippen MR) is 80.6 cm³/mol. The van der Waals surface area contributed by atoms with Crippen LogP contribution >= 0.6 is 0 Å². The normalized spacial score (nSPS) is 11.9. The largest absolute Gasteiger partial charge is 0.326 e. The summed E-state index contributed by atoms with van der Waals surface area (Å²) in [5.74, 6) is -1.33. The molecule has 1 unspecified atom stereocenters. The van der Waals surface area contributed by atoms with Crippen molar-refractivity contribution in [3.63, 3.8) is 0 Å². The Kier molecular flexibility index (Phi) is 5.19. The van der Waals surface area contributed by atoms with E-state index in [4.69, 9.17) is 5.73 Å². The van der Waals surface area contributed by atoms with Crippen molar-refractivity contribution in [2.45, 2.75) is 11.4 Å². The van der Waals surface area contributed by atoms with Crippen molar-refractivity contribution in [3.05, 3.63) is 59.9 Å². The standard InChI is InChI=1S/C15H15FN2O2S/c16-12-6-2-4-8-14(12)21(20)10-15(19)18-13-7-3-1-5-11(13)9-17/h1-8H,9-10,17H2,(H,18,19). The molecule has 0 saturated carbocycles. The molecule has 110 valence electrons. The molecule has 0 aromatic heterocycles. The van der Waals surface area contributed by atoms with Crippen molar-refractivity contribution in [2.24, 2.45) is 5.73 Å². The highest BCUT2D eigenvalue weighted by atomic mass is 32.2. The Balaban J connectivity index is 2.05. The maximum absolute atomic E-state index is 13.5. The summed E-state index contributed by atoms with van der Waals surface area (Å²) in [5, 5.41) is 2.65. The summed E-state index contributed by atoms with van der Waals surface area (Å²) in [6.45, 7) is 0.285. The minimum Gasteiger partial charge on any atom is -0.326 e. The molecule has 0 aliphatic heterocycles. The molecular formula is C15H15FN2O2S. The highest BCUT2D eigenvalue weighted by Gasteiger charge is 2.14. The van der Waals surface area contributed by atoms with Gasteiger partial charge in [-0.05, 0) is 23.8 Å². The fourth-order valence-electron chi connectivity index (χ4n) is 1.83. The first-order valence-corrected chi connectivity index (χ1v) is 7.64. The zero-order chi connectivity index (χ0) is 15.2. The lowest BCUT2D eigenvalue weighted by molar-refractivity contribution is -0.113. The van der Waals surface area contributed by atoms with Crippen LogP contribution < -0.4 is 11.1 Å². The number of carbonyl (C=O) groups is 1. The number of anilines is 1. The van der Waals surface area contributed by atoms with Crippen LogP contribution in [-0.2, 0) is 22.1 Å². The summed E-state index contributed by atoms with van der Waals surface area (Å²) >= 11 is 0. The molecule has 2 rings (SSSR count). The molecule has 4 nitrogen and oxygen atoms in total. The highest BCUT2D eigenvalue weighted by molar-refractivity contribution is 7.85. The summed E-state index contributed by atoms with van der Waals surface area (Å²) < 4.78 is 25.5. The monoisotopic (exact) mass is 306 g/mol. The smallest absolute Gasteiger partial charge is 0.237 e. The molecular weight excluding hydrogens is 291 g/mol. The minimum absolute atomic E-state index is 0.0276. The van der Waals surface area contributed by atoms with Gasteiger partial charge in [0.15, 0.2) is 0 Å². The van der Waals surface area contributed by atoms with E-state index in [9.17, 15) is 13.4 Å². The van der Waals surface area contributed by atoms with Gasteiger partial charge in [-0.3, -0.25) is 9.00 Å². The maximum Gasteiger partial charge on any atom is 0.237 e. The van der Waals surface area contributed by atoms with Gasteiger partial charge in [-0.2, -0.15) is 0 Å². The van der Waals surface area contributed by atoms with Crippen molar-refractivity contribution < 1.29 is 13.4 Å². The summed E-state index contributed by atoms with van der Waals surface area (Å²) in [4.78, 5) is 11.9. The number of hydrogen-bond acceptors (Lipinski definition) is 3. The molecule has 2 aromatic carbocycles. The second kappa shape index (κ2) is 7.10. The zero-order valence-electron chi connectivity index (χ0n) is 11.2. The summed E-state index contributed by atoms with van der Waals surface area (Å²) in [6, 6.07) is 12.8. The van der Waals surface area contributed by atoms with Gasteiger partial charge in [-0.1, -0.05) is 30.3 Å². The lowest BCUT2D eigenvalue weighted by atomic mass is 10.2. The first-order chi connectivity index (χ1) is 10.1. The number of nitrogens with one attached hydrogen (secondary N) is 1. The van der Waals surface area contributed by atoms with Gasteiger partial charge in [0, 0.05) is 12.2 Å². The van der Waals surface area contributed by atoms with Gasteiger partial charge < -0.3 is 11.1 Å². The third-order valence-electron chi connectivity index (χ3n) is 2.86. The van der Waals surface area contributed by atoms with Crippen molar-refractivity contribution in [1.29, 1.82) is 0 Å². The van der Waals surface area contributed by atoms with Crippen molar-refractivity contribution in [3.8, 4) is 0 Å². The molecule has 3 N–H and O–H groups in total. The molecule has 0 radical (unpaired) electrons. The van der Waals surface area contributed by atoms with Gasteiger partial charge in [0.05, 0.1) is 15.7 Å². The number of hydrogen-bond donors (Lipinski definition) is 2. The third kappa shape index (κ3) is 3.96. The number of amides is 1. The minimum atomic E-state index is -1.73. The Labute approximate surface area is 124 Å². The first kappa shape index (κ1) is 15.3. The van der Waals surface area contributed by atoms with E-state index in [0.29, 0.717) is 5.69 Å². The molecule has 1 atom stereocenters. The Morgan fingerprint density at radius 3 is 2.52 bits per heavy atom. The van der Waals surface area contributed by atoms with Crippen molar-refractivity contribution in [2.75, 3.05) is 11.1 Å². The van der Waals surface area contributed by atoms with Gasteiger partial charge in [0.2, 0.25) is 5.91 Å². The van der Waals surface area contributed by atoms with Gasteiger partial charge in [-0.15, -0.1) is 0 Å². The summed E-state index contributed by atoms with van der Waals surface area (Å²) in [6.07, 6.45) is 0. The van der Waals surface area contributed by atoms with E-state index >= 15 is 0 Å². The quantitative estimate of drug-likeness (QED) is 0.888. The molecule has 1 amide bonds. The van der Waals surface area contributed by atoms with Crippen LogP contribution in [0.4, 0.5) is 10.1 Å². The van der Waals surface area contributed by atoms with E-state index in [1.165, 1.54) is 18.2 Å². The van der Waals surface area contributed by atoms with Crippen LogP contribution in [0.15, 0.2) is 53.4 Å². The number of benzene rings is 2. The fourth-order valence-corrected chi connectivity index (χ4v) is 2.81.